The minimum Gasteiger partial charge on any atom is -0.341 e. The van der Waals surface area contributed by atoms with Crippen molar-refractivity contribution in [3.63, 3.8) is 0 Å². The van der Waals surface area contributed by atoms with Gasteiger partial charge in [-0.2, -0.15) is 5.10 Å². The topological polar surface area (TPSA) is 67.2 Å². The number of amides is 2. The number of rotatable bonds is 5. The Labute approximate surface area is 186 Å². The molecule has 6 nitrogen and oxygen atoms in total. The van der Waals surface area contributed by atoms with Gasteiger partial charge in [0.15, 0.2) is 0 Å². The number of para-hydroxylation sites is 2. The number of anilines is 1. The minimum absolute atomic E-state index is 0.0607. The van der Waals surface area contributed by atoms with Gasteiger partial charge in [0.2, 0.25) is 11.8 Å². The second kappa shape index (κ2) is 8.59. The molecule has 0 bridgehead atoms. The molecule has 0 aliphatic carbocycles. The Kier molecular flexibility index (Phi) is 5.87. The summed E-state index contributed by atoms with van der Waals surface area (Å²) < 4.78 is 1.94. The summed E-state index contributed by atoms with van der Waals surface area (Å²) in [5.74, 6) is -0.181. The van der Waals surface area contributed by atoms with Crippen molar-refractivity contribution in [2.75, 3.05) is 12.4 Å². The maximum Gasteiger partial charge on any atom is 0.238 e. The second-order valence-electron chi connectivity index (χ2n) is 7.89. The summed E-state index contributed by atoms with van der Waals surface area (Å²) in [5.41, 5.74) is 5.95. The first-order valence-electron chi connectivity index (χ1n) is 10.3. The molecule has 3 aromatic rings. The van der Waals surface area contributed by atoms with Crippen molar-refractivity contribution in [2.24, 2.45) is 0 Å². The van der Waals surface area contributed by atoms with E-state index in [-0.39, 0.29) is 18.2 Å². The van der Waals surface area contributed by atoms with Crippen molar-refractivity contribution in [3.05, 3.63) is 71.0 Å². The first kappa shape index (κ1) is 21.2. The van der Waals surface area contributed by atoms with E-state index in [9.17, 15) is 9.59 Å². The van der Waals surface area contributed by atoms with Gasteiger partial charge >= 0.3 is 0 Å². The number of thioether (sulfide) groups is 1. The molecule has 1 atom stereocenters. The molecule has 0 saturated carbocycles. The zero-order valence-corrected chi connectivity index (χ0v) is 19.0. The van der Waals surface area contributed by atoms with E-state index >= 15 is 0 Å². The van der Waals surface area contributed by atoms with Gasteiger partial charge in [0.1, 0.15) is 0 Å². The standard InChI is InChI=1S/C24H26N4O2S/c1-15-9-5-7-11-20(15)28-17(3)18(16(2)26-28)14-27(4)23(29)13-22-24(30)25-19-10-6-8-12-21(19)31-22/h5-12,22H,13-14H2,1-4H3,(H,25,30). The van der Waals surface area contributed by atoms with Crippen LogP contribution in [0.3, 0.4) is 0 Å². The van der Waals surface area contributed by atoms with E-state index in [1.807, 2.05) is 61.0 Å². The number of fused-ring (bicyclic) bond motifs is 1. The Bertz CT molecular complexity index is 1150. The Hall–Kier alpha value is -3.06. The molecular formula is C24H26N4O2S. The highest BCUT2D eigenvalue weighted by Gasteiger charge is 2.30. The number of nitrogens with zero attached hydrogens (tertiary/aromatic N) is 3. The van der Waals surface area contributed by atoms with Gasteiger partial charge in [0, 0.05) is 36.2 Å². The van der Waals surface area contributed by atoms with Gasteiger partial charge in [-0.25, -0.2) is 4.68 Å². The SMILES string of the molecule is Cc1ccccc1-n1nc(C)c(CN(C)C(=O)CC2Sc3ccccc3NC2=O)c1C. The zero-order chi connectivity index (χ0) is 22.1. The molecule has 1 N–H and O–H groups in total. The average Bonchev–Trinajstić information content (AvgIpc) is 3.02. The molecule has 1 aliphatic rings. The predicted molar refractivity (Wildman–Crippen MR) is 124 cm³/mol. The Morgan fingerprint density at radius 3 is 2.61 bits per heavy atom. The quantitative estimate of drug-likeness (QED) is 0.652. The molecule has 4 rings (SSSR count). The van der Waals surface area contributed by atoms with Gasteiger partial charge < -0.3 is 10.2 Å². The molecular weight excluding hydrogens is 408 g/mol. The smallest absolute Gasteiger partial charge is 0.238 e. The van der Waals surface area contributed by atoms with Crippen LogP contribution < -0.4 is 5.32 Å². The maximum absolute atomic E-state index is 12.9. The van der Waals surface area contributed by atoms with Crippen LogP contribution in [-0.2, 0) is 16.1 Å². The number of carbonyl (C=O) groups is 2. The fraction of sp³-hybridized carbons (Fsp3) is 0.292. The minimum atomic E-state index is -0.429. The van der Waals surface area contributed by atoms with Gasteiger partial charge in [0.25, 0.3) is 0 Å². The van der Waals surface area contributed by atoms with Crippen molar-refractivity contribution in [3.8, 4) is 5.69 Å². The van der Waals surface area contributed by atoms with Crippen LogP contribution >= 0.6 is 11.8 Å². The summed E-state index contributed by atoms with van der Waals surface area (Å²) in [7, 11) is 1.78. The molecule has 160 valence electrons. The molecule has 1 aliphatic heterocycles. The van der Waals surface area contributed by atoms with E-state index in [0.29, 0.717) is 6.54 Å². The van der Waals surface area contributed by atoms with Crippen LogP contribution in [0.25, 0.3) is 5.69 Å². The highest BCUT2D eigenvalue weighted by Crippen LogP contribution is 2.36. The normalized spacial score (nSPS) is 15.4. The highest BCUT2D eigenvalue weighted by molar-refractivity contribution is 8.01. The summed E-state index contributed by atoms with van der Waals surface area (Å²) >= 11 is 1.45. The first-order valence-corrected chi connectivity index (χ1v) is 11.1. The van der Waals surface area contributed by atoms with Gasteiger partial charge in [-0.1, -0.05) is 30.3 Å². The first-order chi connectivity index (χ1) is 14.8. The van der Waals surface area contributed by atoms with E-state index in [4.69, 9.17) is 5.10 Å². The third kappa shape index (κ3) is 4.23. The maximum atomic E-state index is 12.9. The summed E-state index contributed by atoms with van der Waals surface area (Å²) in [6, 6.07) is 15.8. The van der Waals surface area contributed by atoms with E-state index in [1.165, 1.54) is 11.8 Å². The average molecular weight is 435 g/mol. The molecule has 1 aromatic heterocycles. The molecule has 0 saturated heterocycles. The fourth-order valence-corrected chi connectivity index (χ4v) is 4.91. The van der Waals surface area contributed by atoms with Crippen LogP contribution in [0.1, 0.15) is 28.9 Å². The van der Waals surface area contributed by atoms with Crippen LogP contribution in [0.15, 0.2) is 53.4 Å². The molecule has 0 fully saturated rings. The lowest BCUT2D eigenvalue weighted by atomic mass is 10.1. The molecule has 1 unspecified atom stereocenters. The second-order valence-corrected chi connectivity index (χ2v) is 9.14. The van der Waals surface area contributed by atoms with E-state index < -0.39 is 5.25 Å². The van der Waals surface area contributed by atoms with Gasteiger partial charge in [0.05, 0.1) is 22.3 Å². The van der Waals surface area contributed by atoms with E-state index in [2.05, 4.69) is 18.3 Å². The number of hydrogen-bond donors (Lipinski definition) is 1. The van der Waals surface area contributed by atoms with Gasteiger partial charge in [-0.15, -0.1) is 11.8 Å². The summed E-state index contributed by atoms with van der Waals surface area (Å²) in [6.45, 7) is 6.52. The molecule has 2 heterocycles. The van der Waals surface area contributed by atoms with Crippen molar-refractivity contribution >= 4 is 29.3 Å². The summed E-state index contributed by atoms with van der Waals surface area (Å²) in [4.78, 5) is 28.1. The van der Waals surface area contributed by atoms with Crippen LogP contribution in [0.2, 0.25) is 0 Å². The lowest BCUT2D eigenvalue weighted by molar-refractivity contribution is -0.131. The predicted octanol–water partition coefficient (Wildman–Crippen LogP) is 4.26. The number of nitrogens with one attached hydrogen (secondary N) is 1. The van der Waals surface area contributed by atoms with E-state index in [1.54, 1.807) is 11.9 Å². The molecule has 31 heavy (non-hydrogen) atoms. The third-order valence-corrected chi connectivity index (χ3v) is 6.95. The number of benzene rings is 2. The summed E-state index contributed by atoms with van der Waals surface area (Å²) in [5, 5.41) is 7.19. The fourth-order valence-electron chi connectivity index (χ4n) is 3.81. The highest BCUT2D eigenvalue weighted by atomic mass is 32.2. The van der Waals surface area contributed by atoms with Crippen molar-refractivity contribution in [1.82, 2.24) is 14.7 Å². The van der Waals surface area contributed by atoms with Crippen LogP contribution in [0, 0.1) is 20.8 Å². The Morgan fingerprint density at radius 1 is 1.13 bits per heavy atom. The van der Waals surface area contributed by atoms with E-state index in [0.717, 1.165) is 38.8 Å². The molecule has 7 heteroatoms. The Balaban J connectivity index is 1.48. The monoisotopic (exact) mass is 434 g/mol. The van der Waals surface area contributed by atoms with Crippen LogP contribution in [0.5, 0.6) is 0 Å². The Morgan fingerprint density at radius 2 is 1.84 bits per heavy atom. The lowest BCUT2D eigenvalue weighted by Gasteiger charge is -2.25. The van der Waals surface area contributed by atoms with Crippen LogP contribution in [0.4, 0.5) is 5.69 Å². The lowest BCUT2D eigenvalue weighted by Crippen LogP contribution is -2.35. The largest absolute Gasteiger partial charge is 0.341 e. The van der Waals surface area contributed by atoms with Crippen LogP contribution in [-0.4, -0.2) is 38.8 Å². The molecule has 2 aromatic carbocycles. The molecule has 0 spiro atoms. The zero-order valence-electron chi connectivity index (χ0n) is 18.2. The van der Waals surface area contributed by atoms with Gasteiger partial charge in [-0.3, -0.25) is 9.59 Å². The van der Waals surface area contributed by atoms with Crippen molar-refractivity contribution in [1.29, 1.82) is 0 Å². The number of aryl methyl sites for hydroxylation is 2. The number of hydrogen-bond acceptors (Lipinski definition) is 4. The van der Waals surface area contributed by atoms with Gasteiger partial charge in [-0.05, 0) is 44.5 Å². The third-order valence-electron chi connectivity index (χ3n) is 5.67. The number of carbonyl (C=O) groups excluding carboxylic acids is 2. The van der Waals surface area contributed by atoms with Crippen molar-refractivity contribution < 1.29 is 9.59 Å². The van der Waals surface area contributed by atoms with Crippen molar-refractivity contribution in [2.45, 2.75) is 43.9 Å². The summed E-state index contributed by atoms with van der Waals surface area (Å²) in [6.07, 6.45) is 0.158. The molecule has 2 amide bonds. The number of aromatic nitrogens is 2. The molecule has 0 radical (unpaired) electrons.